The summed E-state index contributed by atoms with van der Waals surface area (Å²) in [4.78, 5) is 0. The molecule has 0 saturated heterocycles. The summed E-state index contributed by atoms with van der Waals surface area (Å²) in [5, 5.41) is 3.51. The molecular weight excluding hydrogens is 310 g/mol. The Morgan fingerprint density at radius 3 is 2.45 bits per heavy atom. The summed E-state index contributed by atoms with van der Waals surface area (Å²) >= 11 is 3.58. The maximum Gasteiger partial charge on any atom is 0.0526 e. The van der Waals surface area contributed by atoms with E-state index in [9.17, 15) is 0 Å². The van der Waals surface area contributed by atoms with Gasteiger partial charge in [-0.2, -0.15) is 0 Å². The molecular formula is C18H18BrN. The van der Waals surface area contributed by atoms with Crippen molar-refractivity contribution in [1.29, 1.82) is 0 Å². The second-order valence-corrected chi connectivity index (χ2v) is 6.00. The molecule has 0 spiro atoms. The summed E-state index contributed by atoms with van der Waals surface area (Å²) in [5.74, 6) is 0. The van der Waals surface area contributed by atoms with E-state index < -0.39 is 0 Å². The lowest BCUT2D eigenvalue weighted by molar-refractivity contribution is 0.872. The molecule has 102 valence electrons. The van der Waals surface area contributed by atoms with Crippen molar-refractivity contribution in [3.63, 3.8) is 0 Å². The minimum absolute atomic E-state index is 1.08. The van der Waals surface area contributed by atoms with Gasteiger partial charge in [0.05, 0.1) is 5.69 Å². The van der Waals surface area contributed by atoms with Crippen LogP contribution in [-0.2, 0) is 0 Å². The average Bonchev–Trinajstić information content (AvgIpc) is 2.51. The molecule has 0 saturated carbocycles. The van der Waals surface area contributed by atoms with Crippen molar-refractivity contribution in [2.24, 2.45) is 0 Å². The number of allylic oxidation sites excluding steroid dienone is 8. The molecule has 0 bridgehead atoms. The lowest BCUT2D eigenvalue weighted by Gasteiger charge is -2.19. The smallest absolute Gasteiger partial charge is 0.0526 e. The van der Waals surface area contributed by atoms with Crippen LogP contribution >= 0.6 is 15.9 Å². The SMILES string of the molecule is Brc1ccccc1NC1=CC=C(C2=CC=CCC2)CC1. The summed E-state index contributed by atoms with van der Waals surface area (Å²) in [7, 11) is 0. The highest BCUT2D eigenvalue weighted by atomic mass is 79.9. The average molecular weight is 328 g/mol. The second kappa shape index (κ2) is 6.27. The van der Waals surface area contributed by atoms with Gasteiger partial charge in [-0.3, -0.25) is 0 Å². The van der Waals surface area contributed by atoms with Crippen molar-refractivity contribution in [2.45, 2.75) is 25.7 Å². The quantitative estimate of drug-likeness (QED) is 0.746. The molecule has 1 aromatic rings. The molecule has 0 heterocycles. The Hall–Kier alpha value is -1.54. The summed E-state index contributed by atoms with van der Waals surface area (Å²) < 4.78 is 1.11. The number of hydrogen-bond acceptors (Lipinski definition) is 1. The Morgan fingerprint density at radius 2 is 1.75 bits per heavy atom. The van der Waals surface area contributed by atoms with Gasteiger partial charge in [0.1, 0.15) is 0 Å². The van der Waals surface area contributed by atoms with Gasteiger partial charge in [-0.05, 0) is 71.0 Å². The lowest BCUT2D eigenvalue weighted by atomic mass is 9.91. The van der Waals surface area contributed by atoms with Gasteiger partial charge in [0.25, 0.3) is 0 Å². The zero-order valence-corrected chi connectivity index (χ0v) is 13.0. The lowest BCUT2D eigenvalue weighted by Crippen LogP contribution is -2.05. The Balaban J connectivity index is 1.73. The second-order valence-electron chi connectivity index (χ2n) is 5.15. The zero-order valence-electron chi connectivity index (χ0n) is 11.4. The van der Waals surface area contributed by atoms with Gasteiger partial charge in [0, 0.05) is 10.2 Å². The largest absolute Gasteiger partial charge is 0.358 e. The molecule has 0 aromatic heterocycles. The van der Waals surface area contributed by atoms with Crippen LogP contribution < -0.4 is 5.32 Å². The molecule has 20 heavy (non-hydrogen) atoms. The number of benzene rings is 1. The van der Waals surface area contributed by atoms with Crippen LogP contribution in [0, 0.1) is 0 Å². The molecule has 0 fully saturated rings. The molecule has 1 aromatic carbocycles. The van der Waals surface area contributed by atoms with E-state index in [1.54, 1.807) is 0 Å². The Bertz CT molecular complexity index is 620. The van der Waals surface area contributed by atoms with E-state index in [1.807, 2.05) is 6.07 Å². The summed E-state index contributed by atoms with van der Waals surface area (Å²) in [6.07, 6.45) is 15.7. The predicted molar refractivity (Wildman–Crippen MR) is 89.6 cm³/mol. The van der Waals surface area contributed by atoms with Crippen molar-refractivity contribution in [3.8, 4) is 0 Å². The fourth-order valence-electron chi connectivity index (χ4n) is 2.61. The number of anilines is 1. The van der Waals surface area contributed by atoms with Crippen molar-refractivity contribution in [3.05, 3.63) is 76.0 Å². The summed E-state index contributed by atoms with van der Waals surface area (Å²) in [5.41, 5.74) is 5.42. The number of rotatable bonds is 3. The van der Waals surface area contributed by atoms with E-state index in [2.05, 4.69) is 69.8 Å². The third-order valence-electron chi connectivity index (χ3n) is 3.74. The van der Waals surface area contributed by atoms with Gasteiger partial charge in [-0.15, -0.1) is 0 Å². The van der Waals surface area contributed by atoms with Crippen LogP contribution in [0.25, 0.3) is 0 Å². The molecule has 2 heteroatoms. The predicted octanol–water partition coefficient (Wildman–Crippen LogP) is 5.74. The van der Waals surface area contributed by atoms with Crippen molar-refractivity contribution in [2.75, 3.05) is 5.32 Å². The first-order chi connectivity index (χ1) is 9.83. The Labute approximate surface area is 128 Å². The van der Waals surface area contributed by atoms with Gasteiger partial charge in [-0.1, -0.05) is 36.4 Å². The fraction of sp³-hybridized carbons (Fsp3) is 0.222. The third-order valence-corrected chi connectivity index (χ3v) is 4.44. The standard InChI is InChI=1S/C18H18BrN/c19-17-8-4-5-9-18(17)20-16-12-10-15(11-13-16)14-6-2-1-3-7-14/h1-2,4-6,8-10,12,20H,3,7,11,13H2. The van der Waals surface area contributed by atoms with Crippen LogP contribution in [-0.4, -0.2) is 0 Å². The fourth-order valence-corrected chi connectivity index (χ4v) is 3.00. The van der Waals surface area contributed by atoms with Crippen LogP contribution in [0.1, 0.15) is 25.7 Å². The Morgan fingerprint density at radius 1 is 0.900 bits per heavy atom. The molecule has 2 aliphatic carbocycles. The van der Waals surface area contributed by atoms with Crippen LogP contribution in [0.4, 0.5) is 5.69 Å². The Kier molecular flexibility index (Phi) is 4.22. The van der Waals surface area contributed by atoms with Gasteiger partial charge in [0.15, 0.2) is 0 Å². The molecule has 0 unspecified atom stereocenters. The number of para-hydroxylation sites is 1. The van der Waals surface area contributed by atoms with Crippen molar-refractivity contribution in [1.82, 2.24) is 0 Å². The first kappa shape index (κ1) is 13.4. The van der Waals surface area contributed by atoms with Gasteiger partial charge in [0.2, 0.25) is 0 Å². The molecule has 1 N–H and O–H groups in total. The number of nitrogens with one attached hydrogen (secondary N) is 1. The highest BCUT2D eigenvalue weighted by Crippen LogP contribution is 2.30. The van der Waals surface area contributed by atoms with Crippen molar-refractivity contribution >= 4 is 21.6 Å². The number of hydrogen-bond donors (Lipinski definition) is 1. The molecule has 0 aliphatic heterocycles. The highest BCUT2D eigenvalue weighted by molar-refractivity contribution is 9.10. The molecule has 0 amide bonds. The number of halogens is 1. The van der Waals surface area contributed by atoms with E-state index in [4.69, 9.17) is 0 Å². The highest BCUT2D eigenvalue weighted by Gasteiger charge is 2.11. The summed E-state index contributed by atoms with van der Waals surface area (Å²) in [6.45, 7) is 0. The van der Waals surface area contributed by atoms with E-state index in [-0.39, 0.29) is 0 Å². The topological polar surface area (TPSA) is 12.0 Å². The van der Waals surface area contributed by atoms with E-state index in [0.717, 1.165) is 23.0 Å². The normalized spacial score (nSPS) is 18.1. The minimum Gasteiger partial charge on any atom is -0.358 e. The molecule has 2 aliphatic rings. The van der Waals surface area contributed by atoms with Gasteiger partial charge >= 0.3 is 0 Å². The third kappa shape index (κ3) is 3.13. The van der Waals surface area contributed by atoms with Crippen molar-refractivity contribution < 1.29 is 0 Å². The first-order valence-corrected chi connectivity index (χ1v) is 7.89. The minimum atomic E-state index is 1.08. The van der Waals surface area contributed by atoms with Gasteiger partial charge < -0.3 is 5.32 Å². The first-order valence-electron chi connectivity index (χ1n) is 7.10. The van der Waals surface area contributed by atoms with Crippen LogP contribution in [0.5, 0.6) is 0 Å². The van der Waals surface area contributed by atoms with Crippen LogP contribution in [0.3, 0.4) is 0 Å². The molecule has 0 radical (unpaired) electrons. The van der Waals surface area contributed by atoms with Crippen LogP contribution in [0.2, 0.25) is 0 Å². The molecule has 1 nitrogen and oxygen atoms in total. The summed E-state index contributed by atoms with van der Waals surface area (Å²) in [6, 6.07) is 8.24. The monoisotopic (exact) mass is 327 g/mol. The molecule has 0 atom stereocenters. The zero-order chi connectivity index (χ0) is 13.8. The maximum atomic E-state index is 3.58. The van der Waals surface area contributed by atoms with Gasteiger partial charge in [-0.25, -0.2) is 0 Å². The van der Waals surface area contributed by atoms with E-state index in [0.29, 0.717) is 0 Å². The van der Waals surface area contributed by atoms with E-state index >= 15 is 0 Å². The molecule has 3 rings (SSSR count). The maximum absolute atomic E-state index is 3.58. The van der Waals surface area contributed by atoms with E-state index in [1.165, 1.54) is 29.7 Å². The van der Waals surface area contributed by atoms with Crippen LogP contribution in [0.15, 0.2) is 76.0 Å².